The molecule has 0 bridgehead atoms. The third kappa shape index (κ3) is 5.36. The Bertz CT molecular complexity index is 1350. The highest BCUT2D eigenvalue weighted by Crippen LogP contribution is 2.47. The highest BCUT2D eigenvalue weighted by Gasteiger charge is 2.52. The SMILES string of the molecule is CC(C)C(C)(C(=O)O)N(C)C(=O)N1CCCN(C(=O)[C@H]2CCN2C(c2ccccc2)(c2ccccc2)c2ccccc2)CC1. The number of carbonyl (C=O) groups is 3. The lowest BCUT2D eigenvalue weighted by Gasteiger charge is -2.54. The molecule has 2 aliphatic rings. The van der Waals surface area contributed by atoms with E-state index in [1.165, 1.54) is 4.90 Å². The number of rotatable bonds is 8. The summed E-state index contributed by atoms with van der Waals surface area (Å²) in [5.41, 5.74) is 1.34. The maximum absolute atomic E-state index is 14.3. The van der Waals surface area contributed by atoms with Gasteiger partial charge in [0.25, 0.3) is 0 Å². The Morgan fingerprint density at radius 1 is 0.750 bits per heavy atom. The first-order valence-corrected chi connectivity index (χ1v) is 15.6. The zero-order chi connectivity index (χ0) is 31.5. The summed E-state index contributed by atoms with van der Waals surface area (Å²) < 4.78 is 0. The minimum Gasteiger partial charge on any atom is -0.479 e. The standard InChI is InChI=1S/C36H44N4O4/c1-27(2)35(3,33(42)43)37(4)34(44)39-23-14-22-38(25-26-39)32(41)31-21-24-40(31)36(28-15-8-5-9-16-28,29-17-10-6-11-18-29)30-19-12-7-13-20-30/h5-13,15-20,27,31H,14,21-26H2,1-4H3,(H,42,43)/t31-,35?/m1/s1. The summed E-state index contributed by atoms with van der Waals surface area (Å²) in [5.74, 6) is -1.23. The normalized spacial score (nSPS) is 19.1. The summed E-state index contributed by atoms with van der Waals surface area (Å²) in [5, 5.41) is 9.95. The number of benzene rings is 3. The Morgan fingerprint density at radius 2 is 1.20 bits per heavy atom. The molecule has 5 rings (SSSR count). The van der Waals surface area contributed by atoms with Gasteiger partial charge in [0.15, 0.2) is 0 Å². The number of likely N-dealkylation sites (N-methyl/N-ethyl adjacent to an activating group) is 1. The van der Waals surface area contributed by atoms with Gasteiger partial charge in [0.1, 0.15) is 5.54 Å². The van der Waals surface area contributed by atoms with Crippen LogP contribution in [0.2, 0.25) is 0 Å². The molecule has 3 amide bonds. The first kappa shape index (κ1) is 31.3. The van der Waals surface area contributed by atoms with Crippen LogP contribution in [0.25, 0.3) is 0 Å². The topological polar surface area (TPSA) is 84.4 Å². The van der Waals surface area contributed by atoms with Gasteiger partial charge in [-0.15, -0.1) is 0 Å². The molecule has 1 unspecified atom stereocenters. The Balaban J connectivity index is 1.42. The van der Waals surface area contributed by atoms with Gasteiger partial charge < -0.3 is 19.8 Å². The molecule has 2 atom stereocenters. The minimum atomic E-state index is -1.33. The number of likely N-dealkylation sites (tertiary alicyclic amines) is 1. The van der Waals surface area contributed by atoms with Gasteiger partial charge in [-0.1, -0.05) is 105 Å². The van der Waals surface area contributed by atoms with Gasteiger partial charge in [-0.3, -0.25) is 9.69 Å². The van der Waals surface area contributed by atoms with Crippen LogP contribution >= 0.6 is 0 Å². The van der Waals surface area contributed by atoms with Crippen LogP contribution in [0.1, 0.15) is 50.3 Å². The van der Waals surface area contributed by atoms with E-state index in [2.05, 4.69) is 77.7 Å². The largest absolute Gasteiger partial charge is 0.479 e. The van der Waals surface area contributed by atoms with E-state index in [4.69, 9.17) is 0 Å². The number of carboxylic acids is 1. The minimum absolute atomic E-state index is 0.0728. The highest BCUT2D eigenvalue weighted by molar-refractivity contribution is 5.86. The number of aliphatic carboxylic acids is 1. The molecule has 0 spiro atoms. The zero-order valence-corrected chi connectivity index (χ0v) is 26.2. The van der Waals surface area contributed by atoms with E-state index < -0.39 is 17.0 Å². The van der Waals surface area contributed by atoms with E-state index in [1.54, 1.807) is 18.9 Å². The van der Waals surface area contributed by atoms with E-state index in [0.717, 1.165) is 29.7 Å². The number of urea groups is 1. The van der Waals surface area contributed by atoms with Crippen LogP contribution in [0.5, 0.6) is 0 Å². The van der Waals surface area contributed by atoms with Gasteiger partial charge in [0.05, 0.1) is 11.6 Å². The van der Waals surface area contributed by atoms with Gasteiger partial charge in [-0.25, -0.2) is 9.59 Å². The fourth-order valence-corrected chi connectivity index (χ4v) is 6.81. The van der Waals surface area contributed by atoms with Crippen LogP contribution in [0.3, 0.4) is 0 Å². The lowest BCUT2D eigenvalue weighted by atomic mass is 9.72. The Labute approximate surface area is 260 Å². The maximum atomic E-state index is 14.3. The fraction of sp³-hybridized carbons (Fsp3) is 0.417. The van der Waals surface area contributed by atoms with Crippen LogP contribution in [0, 0.1) is 5.92 Å². The van der Waals surface area contributed by atoms with Crippen molar-refractivity contribution < 1.29 is 19.5 Å². The Hall–Kier alpha value is -4.17. The molecule has 2 fully saturated rings. The summed E-state index contributed by atoms with van der Waals surface area (Å²) in [6.45, 7) is 7.76. The number of carbonyl (C=O) groups excluding carboxylic acids is 2. The molecule has 0 aliphatic carbocycles. The molecule has 232 valence electrons. The number of carboxylic acid groups (broad SMARTS) is 1. The lowest BCUT2D eigenvalue weighted by Crippen LogP contribution is -2.65. The van der Waals surface area contributed by atoms with E-state index in [1.807, 2.05) is 36.9 Å². The quantitative estimate of drug-likeness (QED) is 0.364. The number of nitrogens with zero attached hydrogens (tertiary/aromatic N) is 4. The predicted octanol–water partition coefficient (Wildman–Crippen LogP) is 5.14. The van der Waals surface area contributed by atoms with Crippen LogP contribution in [-0.2, 0) is 15.1 Å². The molecule has 0 saturated carbocycles. The van der Waals surface area contributed by atoms with Crippen molar-refractivity contribution in [3.8, 4) is 0 Å². The summed E-state index contributed by atoms with van der Waals surface area (Å²) >= 11 is 0. The van der Waals surface area contributed by atoms with Gasteiger partial charge in [0, 0.05) is 39.8 Å². The molecule has 3 aromatic rings. The van der Waals surface area contributed by atoms with Crippen molar-refractivity contribution in [1.29, 1.82) is 0 Å². The smallest absolute Gasteiger partial charge is 0.329 e. The number of hydrogen-bond acceptors (Lipinski definition) is 4. The molecule has 0 radical (unpaired) electrons. The fourth-order valence-electron chi connectivity index (χ4n) is 6.81. The zero-order valence-electron chi connectivity index (χ0n) is 26.2. The van der Waals surface area contributed by atoms with Crippen LogP contribution in [0.4, 0.5) is 4.79 Å². The van der Waals surface area contributed by atoms with Crippen molar-refractivity contribution >= 4 is 17.9 Å². The lowest BCUT2D eigenvalue weighted by molar-refractivity contribution is -0.151. The van der Waals surface area contributed by atoms with Crippen molar-refractivity contribution in [2.24, 2.45) is 5.92 Å². The summed E-state index contributed by atoms with van der Waals surface area (Å²) in [4.78, 5) is 47.3. The summed E-state index contributed by atoms with van der Waals surface area (Å²) in [6, 6.07) is 30.6. The molecule has 2 heterocycles. The summed E-state index contributed by atoms with van der Waals surface area (Å²) in [6.07, 6.45) is 1.38. The number of amides is 3. The molecule has 2 aliphatic heterocycles. The monoisotopic (exact) mass is 596 g/mol. The molecule has 44 heavy (non-hydrogen) atoms. The molecule has 1 N–H and O–H groups in total. The molecule has 3 aromatic carbocycles. The Morgan fingerprint density at radius 3 is 1.61 bits per heavy atom. The predicted molar refractivity (Wildman–Crippen MR) is 171 cm³/mol. The van der Waals surface area contributed by atoms with Crippen molar-refractivity contribution in [1.82, 2.24) is 19.6 Å². The molecule has 2 saturated heterocycles. The van der Waals surface area contributed by atoms with E-state index in [9.17, 15) is 19.5 Å². The average Bonchev–Trinajstić information content (AvgIpc) is 3.29. The second-order valence-corrected chi connectivity index (χ2v) is 12.4. The third-order valence-corrected chi connectivity index (χ3v) is 9.93. The molecule has 0 aromatic heterocycles. The van der Waals surface area contributed by atoms with E-state index in [-0.39, 0.29) is 23.9 Å². The molecular weight excluding hydrogens is 552 g/mol. The van der Waals surface area contributed by atoms with Crippen LogP contribution in [0.15, 0.2) is 91.0 Å². The van der Waals surface area contributed by atoms with Gasteiger partial charge in [-0.2, -0.15) is 0 Å². The molecule has 8 nitrogen and oxygen atoms in total. The second-order valence-electron chi connectivity index (χ2n) is 12.4. The van der Waals surface area contributed by atoms with Crippen molar-refractivity contribution in [3.63, 3.8) is 0 Å². The second kappa shape index (κ2) is 12.8. The van der Waals surface area contributed by atoms with Crippen LogP contribution in [-0.4, -0.2) is 94.0 Å². The molecule has 8 heteroatoms. The van der Waals surface area contributed by atoms with Gasteiger partial charge >= 0.3 is 12.0 Å². The van der Waals surface area contributed by atoms with Crippen molar-refractivity contribution in [3.05, 3.63) is 108 Å². The average molecular weight is 597 g/mol. The van der Waals surface area contributed by atoms with Crippen molar-refractivity contribution in [2.45, 2.75) is 50.7 Å². The van der Waals surface area contributed by atoms with E-state index >= 15 is 0 Å². The first-order valence-electron chi connectivity index (χ1n) is 15.6. The van der Waals surface area contributed by atoms with Gasteiger partial charge in [-0.05, 0) is 42.4 Å². The first-order chi connectivity index (χ1) is 21.1. The van der Waals surface area contributed by atoms with Crippen molar-refractivity contribution in [2.75, 3.05) is 39.8 Å². The highest BCUT2D eigenvalue weighted by atomic mass is 16.4. The van der Waals surface area contributed by atoms with Gasteiger partial charge in [0.2, 0.25) is 5.91 Å². The third-order valence-electron chi connectivity index (χ3n) is 9.93. The molecular formula is C36H44N4O4. The Kier molecular flexibility index (Phi) is 9.11. The summed E-state index contributed by atoms with van der Waals surface area (Å²) in [7, 11) is 1.56. The van der Waals surface area contributed by atoms with E-state index in [0.29, 0.717) is 32.6 Å². The number of hydrogen-bond donors (Lipinski definition) is 1. The maximum Gasteiger partial charge on any atom is 0.329 e. The van der Waals surface area contributed by atoms with Crippen LogP contribution < -0.4 is 0 Å².